The molecule has 2 atom stereocenters. The molecule has 0 spiro atoms. The van der Waals surface area contributed by atoms with Crippen LogP contribution in [0.4, 0.5) is 22.7 Å². The second-order valence-electron chi connectivity index (χ2n) is 13.4. The Hall–Kier alpha value is -4.56. The van der Waals surface area contributed by atoms with Gasteiger partial charge in [0.15, 0.2) is 0 Å². The van der Waals surface area contributed by atoms with Crippen LogP contribution in [0.25, 0.3) is 52.0 Å². The van der Waals surface area contributed by atoms with E-state index < -0.39 is 0 Å². The van der Waals surface area contributed by atoms with Crippen LogP contribution in [0.3, 0.4) is 0 Å². The van der Waals surface area contributed by atoms with Crippen LogP contribution >= 0.6 is 45.3 Å². The molecular weight excluding hydrogens is 733 g/mol. The van der Waals surface area contributed by atoms with Crippen molar-refractivity contribution in [2.75, 3.05) is 30.8 Å². The summed E-state index contributed by atoms with van der Waals surface area (Å²) in [4.78, 5) is 25.2. The Kier molecular flexibility index (Phi) is 9.49. The van der Waals surface area contributed by atoms with E-state index in [1.807, 2.05) is 29.5 Å². The van der Waals surface area contributed by atoms with E-state index in [1.165, 1.54) is 41.1 Å². The number of thiophene rings is 2. The molecule has 3 N–H and O–H groups in total. The lowest BCUT2D eigenvalue weighted by atomic mass is 10.00. The van der Waals surface area contributed by atoms with E-state index in [-0.39, 0.29) is 0 Å². The van der Waals surface area contributed by atoms with E-state index >= 15 is 0 Å². The van der Waals surface area contributed by atoms with E-state index in [4.69, 9.17) is 0 Å². The zero-order valence-electron chi connectivity index (χ0n) is 29.6. The quantitative estimate of drug-likeness (QED) is 0.154. The molecule has 2 aliphatic rings. The van der Waals surface area contributed by atoms with E-state index in [0.717, 1.165) is 69.4 Å². The number of hydrogen-bond acceptors (Lipinski definition) is 12. The number of benzene rings is 2. The van der Waals surface area contributed by atoms with Crippen LogP contribution in [0.1, 0.15) is 36.4 Å². The topological polar surface area (TPSA) is 90.9 Å². The maximum Gasteiger partial charge on any atom is 0.125 e. The Morgan fingerprint density at radius 2 is 1.25 bits per heavy atom. The number of pyridine rings is 2. The molecule has 0 saturated carbocycles. The average molecular weight is 771 g/mol. The van der Waals surface area contributed by atoms with Crippen LogP contribution in [0, 0.1) is 0 Å². The molecule has 8 heterocycles. The van der Waals surface area contributed by atoms with Gasteiger partial charge in [0, 0.05) is 62.9 Å². The highest BCUT2D eigenvalue weighted by Crippen LogP contribution is 2.39. The normalized spacial score (nSPS) is 17.9. The molecule has 0 fully saturated rings. The Morgan fingerprint density at radius 1 is 0.679 bits per heavy atom. The molecule has 10 rings (SSSR count). The van der Waals surface area contributed by atoms with Crippen molar-refractivity contribution in [1.82, 2.24) is 30.2 Å². The molecule has 12 heteroatoms. The Labute approximate surface area is 324 Å². The zero-order valence-corrected chi connectivity index (χ0v) is 32.9. The van der Waals surface area contributed by atoms with Gasteiger partial charge in [-0.15, -0.1) is 45.3 Å². The van der Waals surface area contributed by atoms with Crippen molar-refractivity contribution in [2.45, 2.75) is 38.8 Å². The van der Waals surface area contributed by atoms with Crippen LogP contribution < -0.4 is 16.0 Å². The summed E-state index contributed by atoms with van der Waals surface area (Å²) in [6.45, 7) is 6.69. The van der Waals surface area contributed by atoms with Gasteiger partial charge < -0.3 is 16.0 Å². The summed E-state index contributed by atoms with van der Waals surface area (Å²) >= 11 is 6.88. The summed E-state index contributed by atoms with van der Waals surface area (Å²) in [5.41, 5.74) is 12.9. The van der Waals surface area contributed by atoms with Crippen molar-refractivity contribution in [3.05, 3.63) is 106 Å². The standard InChI is InChI=1S/C21H20N4S2.C20H18N4S2/c1-13-15(4-3-9-25(13)2)20-11-16-17(7-8-22-21(16)27-20)24-14-5-6-19-18(10-14)23-12-26-19;1-12-14(3-2-7-21-12)19-10-15-16(6-8-22-20(15)26-19)24-13-4-5-18-17(9-13)23-11-25-18/h4-8,10-13H,3,9H2,1-2H3,(H,22,24);3-6,8-12,21H,2,7H2,1H3,(H,22,24). The number of likely N-dealkylation sites (N-methyl/N-ethyl adjacent to an activating group) is 1. The molecule has 0 radical (unpaired) electrons. The number of aromatic nitrogens is 4. The largest absolute Gasteiger partial charge is 0.355 e. The fraction of sp³-hybridized carbons (Fsp3) is 0.220. The predicted octanol–water partition coefficient (Wildman–Crippen LogP) is 11.2. The molecule has 6 aromatic heterocycles. The van der Waals surface area contributed by atoms with Gasteiger partial charge in [-0.3, -0.25) is 4.90 Å². The number of nitrogens with one attached hydrogen (secondary N) is 3. The molecule has 2 unspecified atom stereocenters. The van der Waals surface area contributed by atoms with Crippen molar-refractivity contribution < 1.29 is 0 Å². The van der Waals surface area contributed by atoms with Crippen molar-refractivity contribution in [1.29, 1.82) is 0 Å². The third kappa shape index (κ3) is 6.98. The van der Waals surface area contributed by atoms with Gasteiger partial charge in [-0.05, 0) is 112 Å². The lowest BCUT2D eigenvalue weighted by molar-refractivity contribution is 0.300. The van der Waals surface area contributed by atoms with Gasteiger partial charge in [-0.1, -0.05) is 12.2 Å². The molecule has 8 aromatic rings. The molecule has 0 bridgehead atoms. The van der Waals surface area contributed by atoms with Crippen LogP contribution in [-0.2, 0) is 0 Å². The molecule has 0 amide bonds. The van der Waals surface area contributed by atoms with Gasteiger partial charge in [-0.2, -0.15) is 0 Å². The number of nitrogens with zero attached hydrogens (tertiary/aromatic N) is 5. The zero-order chi connectivity index (χ0) is 35.9. The predicted molar refractivity (Wildman–Crippen MR) is 230 cm³/mol. The molecule has 8 nitrogen and oxygen atoms in total. The van der Waals surface area contributed by atoms with E-state index in [0.29, 0.717) is 12.1 Å². The first-order chi connectivity index (χ1) is 26.0. The summed E-state index contributed by atoms with van der Waals surface area (Å²) in [6.07, 6.45) is 10.7. The highest BCUT2D eigenvalue weighted by Gasteiger charge is 2.22. The smallest absolute Gasteiger partial charge is 0.125 e. The van der Waals surface area contributed by atoms with Gasteiger partial charge >= 0.3 is 0 Å². The van der Waals surface area contributed by atoms with Crippen molar-refractivity contribution >= 4 is 120 Å². The third-order valence-electron chi connectivity index (χ3n) is 10.0. The van der Waals surface area contributed by atoms with Crippen LogP contribution in [-0.4, -0.2) is 57.1 Å². The van der Waals surface area contributed by atoms with Gasteiger partial charge in [0.25, 0.3) is 0 Å². The number of rotatable bonds is 6. The van der Waals surface area contributed by atoms with Gasteiger partial charge in [-0.25, -0.2) is 19.9 Å². The SMILES string of the molecule is CC1C(c2cc3c(Nc4ccc5scnc5c4)ccnc3s2)=CCCN1C.CC1NCCC=C1c1cc2c(Nc3ccc4scnc4c3)ccnc2s1. The highest BCUT2D eigenvalue weighted by molar-refractivity contribution is 7.20. The maximum absolute atomic E-state index is 4.61. The Bertz CT molecular complexity index is 2650. The molecule has 2 aliphatic heterocycles. The van der Waals surface area contributed by atoms with Crippen LogP contribution in [0.15, 0.2) is 96.2 Å². The first-order valence-electron chi connectivity index (χ1n) is 17.8. The molecule has 0 aliphatic carbocycles. The minimum absolute atomic E-state index is 0.389. The summed E-state index contributed by atoms with van der Waals surface area (Å²) in [7, 11) is 2.20. The van der Waals surface area contributed by atoms with Crippen molar-refractivity contribution in [2.24, 2.45) is 0 Å². The molecular formula is C41H38N8S4. The lowest BCUT2D eigenvalue weighted by Gasteiger charge is -2.30. The Balaban J connectivity index is 0.000000141. The van der Waals surface area contributed by atoms with Crippen molar-refractivity contribution in [3.63, 3.8) is 0 Å². The van der Waals surface area contributed by atoms with Crippen molar-refractivity contribution in [3.8, 4) is 0 Å². The number of anilines is 4. The first kappa shape index (κ1) is 34.2. The fourth-order valence-electron chi connectivity index (χ4n) is 7.02. The highest BCUT2D eigenvalue weighted by atomic mass is 32.1. The number of fused-ring (bicyclic) bond motifs is 4. The summed E-state index contributed by atoms with van der Waals surface area (Å²) in [5.74, 6) is 0. The van der Waals surface area contributed by atoms with Crippen LogP contribution in [0.5, 0.6) is 0 Å². The second-order valence-corrected chi connectivity index (χ2v) is 17.3. The lowest BCUT2D eigenvalue weighted by Crippen LogP contribution is -2.33. The molecule has 0 saturated heterocycles. The fourth-order valence-corrected chi connectivity index (χ4v) is 10.6. The van der Waals surface area contributed by atoms with Crippen LogP contribution in [0.2, 0.25) is 0 Å². The minimum atomic E-state index is 0.389. The van der Waals surface area contributed by atoms with Gasteiger partial charge in [0.05, 0.1) is 42.8 Å². The van der Waals surface area contributed by atoms with E-state index in [1.54, 1.807) is 45.3 Å². The maximum atomic E-state index is 4.61. The summed E-state index contributed by atoms with van der Waals surface area (Å²) < 4.78 is 2.42. The third-order valence-corrected chi connectivity index (χ3v) is 13.8. The summed E-state index contributed by atoms with van der Waals surface area (Å²) in [5, 5.41) is 13.0. The number of hydrogen-bond donors (Lipinski definition) is 3. The molecule has 2 aromatic carbocycles. The monoisotopic (exact) mass is 770 g/mol. The Morgan fingerprint density at radius 3 is 1.83 bits per heavy atom. The van der Waals surface area contributed by atoms with Gasteiger partial charge in [0.1, 0.15) is 9.66 Å². The van der Waals surface area contributed by atoms with E-state index in [9.17, 15) is 0 Å². The average Bonchev–Trinajstić information content (AvgIpc) is 3.99. The van der Waals surface area contributed by atoms with Gasteiger partial charge in [0.2, 0.25) is 0 Å². The number of thiazole rings is 2. The molecule has 53 heavy (non-hydrogen) atoms. The second kappa shape index (κ2) is 14.7. The summed E-state index contributed by atoms with van der Waals surface area (Å²) in [6, 6.07) is 22.1. The van der Waals surface area contributed by atoms with E-state index in [2.05, 4.69) is 128 Å². The first-order valence-corrected chi connectivity index (χ1v) is 21.2. The molecule has 266 valence electrons. The minimum Gasteiger partial charge on any atom is -0.355 e.